The van der Waals surface area contributed by atoms with Gasteiger partial charge >= 0.3 is 0 Å². The Kier molecular flexibility index (Phi) is 8.47. The Bertz CT molecular complexity index is 988. The van der Waals surface area contributed by atoms with E-state index in [9.17, 15) is 9.59 Å². The summed E-state index contributed by atoms with van der Waals surface area (Å²) in [4.78, 5) is 25.8. The van der Waals surface area contributed by atoms with Crippen molar-refractivity contribution in [3.8, 4) is 0 Å². The van der Waals surface area contributed by atoms with Gasteiger partial charge in [-0.25, -0.2) is 4.68 Å². The summed E-state index contributed by atoms with van der Waals surface area (Å²) >= 11 is 0. The number of aromatic nitrogens is 3. The van der Waals surface area contributed by atoms with Gasteiger partial charge in [-0.2, -0.15) is 0 Å². The van der Waals surface area contributed by atoms with Gasteiger partial charge in [0.25, 0.3) is 11.8 Å². The van der Waals surface area contributed by atoms with Gasteiger partial charge in [-0.05, 0) is 31.5 Å². The molecule has 3 aromatic rings. The van der Waals surface area contributed by atoms with Crippen molar-refractivity contribution in [1.29, 1.82) is 0 Å². The van der Waals surface area contributed by atoms with Crippen LogP contribution in [0, 0.1) is 0 Å². The first-order valence-corrected chi connectivity index (χ1v) is 10.5. The molecule has 3 rings (SSSR count). The topological polar surface area (TPSA) is 107 Å². The van der Waals surface area contributed by atoms with Crippen molar-refractivity contribution in [2.24, 2.45) is 0 Å². The number of para-hydroxylation sites is 1. The van der Waals surface area contributed by atoms with Gasteiger partial charge < -0.3 is 20.1 Å². The van der Waals surface area contributed by atoms with Crippen molar-refractivity contribution in [2.45, 2.75) is 32.7 Å². The highest BCUT2D eigenvalue weighted by Gasteiger charge is 2.25. The number of benzene rings is 2. The standard InChI is InChI=1S/C23H27N5O4/c1-3-31-20(32-4-2)16-28-15-19(26-27-28)22(29)25-21(17-11-7-5-8-12-17)23(30)24-18-13-9-6-10-14-18/h5-15,20-21H,3-4,16H2,1-2H3,(H,24,30)(H,25,29). The predicted octanol–water partition coefficient (Wildman–Crippen LogP) is 2.79. The zero-order chi connectivity index (χ0) is 22.8. The van der Waals surface area contributed by atoms with Crippen LogP contribution in [-0.4, -0.2) is 46.3 Å². The summed E-state index contributed by atoms with van der Waals surface area (Å²) in [5, 5.41) is 13.5. The van der Waals surface area contributed by atoms with Crippen LogP contribution in [0.5, 0.6) is 0 Å². The third kappa shape index (κ3) is 6.47. The molecular weight excluding hydrogens is 410 g/mol. The summed E-state index contributed by atoms with van der Waals surface area (Å²) in [6, 6.07) is 17.2. The number of carbonyl (C=O) groups is 2. The summed E-state index contributed by atoms with van der Waals surface area (Å²) in [5.41, 5.74) is 1.37. The number of anilines is 1. The monoisotopic (exact) mass is 437 g/mol. The molecule has 32 heavy (non-hydrogen) atoms. The van der Waals surface area contributed by atoms with Crippen LogP contribution < -0.4 is 10.6 Å². The lowest BCUT2D eigenvalue weighted by Gasteiger charge is -2.18. The molecule has 2 N–H and O–H groups in total. The minimum absolute atomic E-state index is 0.0881. The Morgan fingerprint density at radius 2 is 1.59 bits per heavy atom. The van der Waals surface area contributed by atoms with E-state index in [4.69, 9.17) is 9.47 Å². The lowest BCUT2D eigenvalue weighted by molar-refractivity contribution is -0.145. The molecule has 0 saturated heterocycles. The van der Waals surface area contributed by atoms with Gasteiger partial charge in [0.1, 0.15) is 6.04 Å². The highest BCUT2D eigenvalue weighted by Crippen LogP contribution is 2.17. The number of nitrogens with one attached hydrogen (secondary N) is 2. The summed E-state index contributed by atoms with van der Waals surface area (Å²) in [5.74, 6) is -0.881. The fourth-order valence-electron chi connectivity index (χ4n) is 3.06. The molecule has 0 aliphatic rings. The number of amides is 2. The lowest BCUT2D eigenvalue weighted by atomic mass is 10.1. The van der Waals surface area contributed by atoms with Crippen molar-refractivity contribution in [3.05, 3.63) is 78.1 Å². The molecule has 2 amide bonds. The first-order valence-electron chi connectivity index (χ1n) is 10.5. The summed E-state index contributed by atoms with van der Waals surface area (Å²) < 4.78 is 12.5. The molecule has 2 aromatic carbocycles. The molecule has 0 aliphatic heterocycles. The minimum atomic E-state index is -0.909. The molecule has 0 saturated carbocycles. The van der Waals surface area contributed by atoms with E-state index in [-0.39, 0.29) is 11.6 Å². The Balaban J connectivity index is 1.73. The number of rotatable bonds is 11. The van der Waals surface area contributed by atoms with Crippen LogP contribution in [0.1, 0.15) is 35.9 Å². The Labute approximate surface area is 186 Å². The van der Waals surface area contributed by atoms with E-state index in [0.717, 1.165) is 0 Å². The number of ether oxygens (including phenoxy) is 2. The highest BCUT2D eigenvalue weighted by atomic mass is 16.7. The number of hydrogen-bond acceptors (Lipinski definition) is 6. The Hall–Kier alpha value is -3.56. The number of carbonyl (C=O) groups excluding carboxylic acids is 2. The largest absolute Gasteiger partial charge is 0.351 e. The van der Waals surface area contributed by atoms with Crippen LogP contribution in [0.4, 0.5) is 5.69 Å². The molecule has 1 aromatic heterocycles. The fraction of sp³-hybridized carbons (Fsp3) is 0.304. The molecule has 0 fully saturated rings. The molecule has 0 spiro atoms. The van der Waals surface area contributed by atoms with Gasteiger partial charge in [-0.1, -0.05) is 53.7 Å². The summed E-state index contributed by atoms with van der Waals surface area (Å²) in [7, 11) is 0. The molecule has 0 aliphatic carbocycles. The van der Waals surface area contributed by atoms with Crippen LogP contribution in [0.2, 0.25) is 0 Å². The van der Waals surface area contributed by atoms with Gasteiger partial charge in [-0.3, -0.25) is 9.59 Å². The second-order valence-corrected chi connectivity index (χ2v) is 6.84. The van der Waals surface area contributed by atoms with Crippen LogP contribution in [0.3, 0.4) is 0 Å². The third-order valence-electron chi connectivity index (χ3n) is 4.52. The maximum absolute atomic E-state index is 13.0. The lowest BCUT2D eigenvalue weighted by Crippen LogP contribution is -2.37. The molecule has 9 nitrogen and oxygen atoms in total. The SMILES string of the molecule is CCOC(Cn1cc(C(=O)NC(C(=O)Nc2ccccc2)c2ccccc2)nn1)OCC. The van der Waals surface area contributed by atoms with Crippen LogP contribution in [-0.2, 0) is 20.8 Å². The maximum Gasteiger partial charge on any atom is 0.274 e. The minimum Gasteiger partial charge on any atom is -0.351 e. The smallest absolute Gasteiger partial charge is 0.274 e. The van der Waals surface area contributed by atoms with E-state index in [1.165, 1.54) is 10.9 Å². The number of nitrogens with zero attached hydrogens (tertiary/aromatic N) is 3. The summed E-state index contributed by atoms with van der Waals surface area (Å²) in [6.07, 6.45) is 1.01. The van der Waals surface area contributed by atoms with Crippen molar-refractivity contribution in [3.63, 3.8) is 0 Å². The van der Waals surface area contributed by atoms with Gasteiger partial charge in [0.05, 0.1) is 12.7 Å². The van der Waals surface area contributed by atoms with Gasteiger partial charge in [0, 0.05) is 18.9 Å². The molecule has 1 heterocycles. The van der Waals surface area contributed by atoms with E-state index < -0.39 is 18.2 Å². The third-order valence-corrected chi connectivity index (χ3v) is 4.52. The average molecular weight is 438 g/mol. The molecule has 0 radical (unpaired) electrons. The van der Waals surface area contributed by atoms with Gasteiger partial charge in [0.15, 0.2) is 12.0 Å². The molecule has 168 valence electrons. The Morgan fingerprint density at radius 1 is 0.969 bits per heavy atom. The van der Waals surface area contributed by atoms with Crippen molar-refractivity contribution < 1.29 is 19.1 Å². The van der Waals surface area contributed by atoms with E-state index >= 15 is 0 Å². The van der Waals surface area contributed by atoms with Crippen molar-refractivity contribution in [2.75, 3.05) is 18.5 Å². The van der Waals surface area contributed by atoms with Crippen molar-refractivity contribution >= 4 is 17.5 Å². The molecule has 9 heteroatoms. The van der Waals surface area contributed by atoms with Crippen LogP contribution in [0.15, 0.2) is 66.9 Å². The second-order valence-electron chi connectivity index (χ2n) is 6.84. The normalized spacial score (nSPS) is 11.8. The van der Waals surface area contributed by atoms with E-state index in [1.54, 1.807) is 24.3 Å². The fourth-order valence-corrected chi connectivity index (χ4v) is 3.06. The highest BCUT2D eigenvalue weighted by molar-refractivity contribution is 6.00. The quantitative estimate of drug-likeness (QED) is 0.447. The van der Waals surface area contributed by atoms with Gasteiger partial charge in [0.2, 0.25) is 0 Å². The molecule has 1 unspecified atom stereocenters. The van der Waals surface area contributed by atoms with Crippen LogP contribution in [0.25, 0.3) is 0 Å². The van der Waals surface area contributed by atoms with E-state index in [1.807, 2.05) is 50.2 Å². The Morgan fingerprint density at radius 3 is 2.22 bits per heavy atom. The maximum atomic E-state index is 13.0. The first kappa shape index (κ1) is 23.1. The van der Waals surface area contributed by atoms with Gasteiger partial charge in [-0.15, -0.1) is 5.10 Å². The zero-order valence-electron chi connectivity index (χ0n) is 18.1. The molecule has 1 atom stereocenters. The molecular formula is C23H27N5O4. The summed E-state index contributed by atoms with van der Waals surface area (Å²) in [6.45, 7) is 5.01. The average Bonchev–Trinajstić information content (AvgIpc) is 3.27. The van der Waals surface area contributed by atoms with Crippen LogP contribution >= 0.6 is 0 Å². The second kappa shape index (κ2) is 11.7. The molecule has 0 bridgehead atoms. The predicted molar refractivity (Wildman–Crippen MR) is 119 cm³/mol. The number of hydrogen-bond donors (Lipinski definition) is 2. The van der Waals surface area contributed by atoms with E-state index in [0.29, 0.717) is 31.0 Å². The van der Waals surface area contributed by atoms with Crippen molar-refractivity contribution in [1.82, 2.24) is 20.3 Å². The first-order chi connectivity index (χ1) is 15.6. The zero-order valence-corrected chi connectivity index (χ0v) is 18.1. The van der Waals surface area contributed by atoms with E-state index in [2.05, 4.69) is 20.9 Å².